The molecule has 0 N–H and O–H groups in total. The van der Waals surface area contributed by atoms with Gasteiger partial charge in [-0.05, 0) is 36.8 Å². The molecule has 0 bridgehead atoms. The number of hydrogen-bond acceptors (Lipinski definition) is 6. The minimum absolute atomic E-state index is 0.0598. The SMILES string of the molecule is O=C1CCCN1CN(C(=O)c1ccc2c(c1)OCO2)c1nc2ccccc2s1. The molecule has 3 heterocycles. The first-order valence-corrected chi connectivity index (χ1v) is 9.85. The van der Waals surface area contributed by atoms with E-state index in [4.69, 9.17) is 9.47 Å². The van der Waals surface area contributed by atoms with Gasteiger partial charge in [0.2, 0.25) is 12.7 Å². The number of benzene rings is 2. The molecule has 2 aliphatic rings. The van der Waals surface area contributed by atoms with E-state index in [0.29, 0.717) is 35.2 Å². The van der Waals surface area contributed by atoms with Crippen LogP contribution >= 0.6 is 11.3 Å². The van der Waals surface area contributed by atoms with Crippen molar-refractivity contribution in [1.29, 1.82) is 0 Å². The van der Waals surface area contributed by atoms with E-state index >= 15 is 0 Å². The number of para-hydroxylation sites is 1. The molecule has 142 valence electrons. The predicted octanol–water partition coefficient (Wildman–Crippen LogP) is 3.25. The molecule has 0 unspecified atom stereocenters. The van der Waals surface area contributed by atoms with Gasteiger partial charge in [-0.1, -0.05) is 23.5 Å². The third-order valence-electron chi connectivity index (χ3n) is 4.86. The van der Waals surface area contributed by atoms with Crippen LogP contribution in [0.3, 0.4) is 0 Å². The van der Waals surface area contributed by atoms with Crippen LogP contribution in [-0.4, -0.2) is 41.7 Å². The summed E-state index contributed by atoms with van der Waals surface area (Å²) in [5.41, 5.74) is 1.30. The summed E-state index contributed by atoms with van der Waals surface area (Å²) in [5, 5.41) is 0.573. The molecule has 5 rings (SSSR count). The van der Waals surface area contributed by atoms with Gasteiger partial charge >= 0.3 is 0 Å². The number of amides is 2. The summed E-state index contributed by atoms with van der Waals surface area (Å²) in [6.07, 6.45) is 1.33. The highest BCUT2D eigenvalue weighted by atomic mass is 32.1. The van der Waals surface area contributed by atoms with Gasteiger partial charge in [-0.3, -0.25) is 14.5 Å². The number of carbonyl (C=O) groups is 2. The monoisotopic (exact) mass is 395 g/mol. The Morgan fingerprint density at radius 2 is 2.04 bits per heavy atom. The van der Waals surface area contributed by atoms with E-state index in [9.17, 15) is 9.59 Å². The first-order chi connectivity index (χ1) is 13.7. The summed E-state index contributed by atoms with van der Waals surface area (Å²) < 4.78 is 11.7. The van der Waals surface area contributed by atoms with Crippen LogP contribution in [0.1, 0.15) is 23.2 Å². The fourth-order valence-electron chi connectivity index (χ4n) is 3.40. The van der Waals surface area contributed by atoms with E-state index in [-0.39, 0.29) is 25.3 Å². The van der Waals surface area contributed by atoms with Gasteiger partial charge in [0.25, 0.3) is 5.91 Å². The van der Waals surface area contributed by atoms with Crippen LogP contribution in [0.25, 0.3) is 10.2 Å². The quantitative estimate of drug-likeness (QED) is 0.678. The number of hydrogen-bond donors (Lipinski definition) is 0. The Morgan fingerprint density at radius 3 is 2.86 bits per heavy atom. The number of rotatable bonds is 4. The highest BCUT2D eigenvalue weighted by Crippen LogP contribution is 2.34. The number of carbonyl (C=O) groups excluding carboxylic acids is 2. The zero-order valence-corrected chi connectivity index (χ0v) is 15.8. The van der Waals surface area contributed by atoms with Gasteiger partial charge in [-0.15, -0.1) is 0 Å². The van der Waals surface area contributed by atoms with Crippen molar-refractivity contribution in [2.75, 3.05) is 24.9 Å². The van der Waals surface area contributed by atoms with Gasteiger partial charge in [0, 0.05) is 18.5 Å². The van der Waals surface area contributed by atoms with Crippen LogP contribution < -0.4 is 14.4 Å². The maximum absolute atomic E-state index is 13.4. The highest BCUT2D eigenvalue weighted by molar-refractivity contribution is 7.22. The van der Waals surface area contributed by atoms with Crippen molar-refractivity contribution in [3.8, 4) is 11.5 Å². The Hall–Kier alpha value is -3.13. The third kappa shape index (κ3) is 2.95. The average Bonchev–Trinajstić information content (AvgIpc) is 3.44. The fourth-order valence-corrected chi connectivity index (χ4v) is 4.35. The Labute approximate surface area is 165 Å². The van der Waals surface area contributed by atoms with Crippen LogP contribution in [0.2, 0.25) is 0 Å². The topological polar surface area (TPSA) is 72.0 Å². The summed E-state index contributed by atoms with van der Waals surface area (Å²) in [5.74, 6) is 1.01. The van der Waals surface area contributed by atoms with Crippen LogP contribution in [0.5, 0.6) is 11.5 Å². The van der Waals surface area contributed by atoms with E-state index in [1.807, 2.05) is 24.3 Å². The standard InChI is InChI=1S/C20H17N3O4S/c24-18-6-3-9-22(18)11-23(20-21-14-4-1-2-5-17(14)28-20)19(25)13-7-8-15-16(10-13)27-12-26-15/h1-2,4-5,7-8,10H,3,6,9,11-12H2. The molecule has 0 radical (unpaired) electrons. The van der Waals surface area contributed by atoms with E-state index in [2.05, 4.69) is 4.98 Å². The maximum atomic E-state index is 13.4. The van der Waals surface area contributed by atoms with Gasteiger partial charge in [0.05, 0.1) is 10.2 Å². The summed E-state index contributed by atoms with van der Waals surface area (Å²) in [7, 11) is 0. The lowest BCUT2D eigenvalue weighted by Gasteiger charge is -2.26. The summed E-state index contributed by atoms with van der Waals surface area (Å²) in [6.45, 7) is 0.984. The number of thiazole rings is 1. The van der Waals surface area contributed by atoms with Crippen molar-refractivity contribution in [3.63, 3.8) is 0 Å². The first-order valence-electron chi connectivity index (χ1n) is 9.04. The van der Waals surface area contributed by atoms with E-state index in [1.165, 1.54) is 11.3 Å². The second-order valence-corrected chi connectivity index (χ2v) is 7.68. The Balaban J connectivity index is 1.52. The summed E-state index contributed by atoms with van der Waals surface area (Å²) in [6, 6.07) is 12.9. The van der Waals surface area contributed by atoms with Crippen molar-refractivity contribution >= 4 is 38.5 Å². The summed E-state index contributed by atoms with van der Waals surface area (Å²) >= 11 is 1.44. The van der Waals surface area contributed by atoms with Crippen molar-refractivity contribution in [2.24, 2.45) is 0 Å². The number of aromatic nitrogens is 1. The van der Waals surface area contributed by atoms with Crippen molar-refractivity contribution < 1.29 is 19.1 Å². The van der Waals surface area contributed by atoms with Gasteiger partial charge in [-0.2, -0.15) is 0 Å². The Bertz CT molecular complexity index is 1050. The van der Waals surface area contributed by atoms with Gasteiger partial charge in [0.1, 0.15) is 6.67 Å². The molecule has 1 saturated heterocycles. The lowest BCUT2D eigenvalue weighted by molar-refractivity contribution is -0.127. The minimum atomic E-state index is -0.225. The minimum Gasteiger partial charge on any atom is -0.454 e. The molecule has 28 heavy (non-hydrogen) atoms. The second-order valence-electron chi connectivity index (χ2n) is 6.67. The number of anilines is 1. The Kier molecular flexibility index (Phi) is 4.12. The lowest BCUT2D eigenvalue weighted by Crippen LogP contribution is -2.42. The summed E-state index contributed by atoms with van der Waals surface area (Å²) in [4.78, 5) is 33.4. The van der Waals surface area contributed by atoms with Gasteiger partial charge in [-0.25, -0.2) is 4.98 Å². The average molecular weight is 395 g/mol. The number of ether oxygens (including phenoxy) is 2. The zero-order chi connectivity index (χ0) is 19.1. The zero-order valence-electron chi connectivity index (χ0n) is 15.0. The molecule has 0 atom stereocenters. The normalized spacial score (nSPS) is 15.4. The number of fused-ring (bicyclic) bond motifs is 2. The van der Waals surface area contributed by atoms with Gasteiger partial charge < -0.3 is 14.4 Å². The molecule has 0 aliphatic carbocycles. The molecule has 0 spiro atoms. The maximum Gasteiger partial charge on any atom is 0.261 e. The van der Waals surface area contributed by atoms with Crippen molar-refractivity contribution in [1.82, 2.24) is 9.88 Å². The molecular weight excluding hydrogens is 378 g/mol. The molecule has 0 saturated carbocycles. The predicted molar refractivity (Wildman–Crippen MR) is 105 cm³/mol. The van der Waals surface area contributed by atoms with Crippen LogP contribution in [0.4, 0.5) is 5.13 Å². The molecule has 2 aliphatic heterocycles. The first kappa shape index (κ1) is 17.0. The smallest absolute Gasteiger partial charge is 0.261 e. The molecule has 1 fully saturated rings. The van der Waals surface area contributed by atoms with Gasteiger partial charge in [0.15, 0.2) is 16.6 Å². The van der Waals surface area contributed by atoms with Crippen LogP contribution in [0.15, 0.2) is 42.5 Å². The van der Waals surface area contributed by atoms with E-state index < -0.39 is 0 Å². The Morgan fingerprint density at radius 1 is 1.18 bits per heavy atom. The van der Waals surface area contributed by atoms with E-state index in [0.717, 1.165) is 16.6 Å². The van der Waals surface area contributed by atoms with E-state index in [1.54, 1.807) is 28.0 Å². The second kappa shape index (κ2) is 6.79. The van der Waals surface area contributed by atoms with Crippen LogP contribution in [0, 0.1) is 0 Å². The fraction of sp³-hybridized carbons (Fsp3) is 0.250. The number of nitrogens with zero attached hydrogens (tertiary/aromatic N) is 3. The molecule has 7 nitrogen and oxygen atoms in total. The molecular formula is C20H17N3O4S. The number of likely N-dealkylation sites (tertiary alicyclic amines) is 1. The molecule has 8 heteroatoms. The highest BCUT2D eigenvalue weighted by Gasteiger charge is 2.29. The molecule has 1 aromatic heterocycles. The van der Waals surface area contributed by atoms with Crippen molar-refractivity contribution in [2.45, 2.75) is 12.8 Å². The molecule has 3 aromatic rings. The van der Waals surface area contributed by atoms with Crippen LogP contribution in [-0.2, 0) is 4.79 Å². The lowest BCUT2D eigenvalue weighted by atomic mass is 10.2. The largest absolute Gasteiger partial charge is 0.454 e. The van der Waals surface area contributed by atoms with Crippen molar-refractivity contribution in [3.05, 3.63) is 48.0 Å². The third-order valence-corrected chi connectivity index (χ3v) is 5.92. The molecule has 2 amide bonds. The molecule has 2 aromatic carbocycles.